The Morgan fingerprint density at radius 3 is 2.68 bits per heavy atom. The smallest absolute Gasteiger partial charge is 0.342 e. The van der Waals surface area contributed by atoms with Gasteiger partial charge in [0.1, 0.15) is 0 Å². The first-order valence-electron chi connectivity index (χ1n) is 5.38. The van der Waals surface area contributed by atoms with Crippen molar-refractivity contribution in [2.24, 2.45) is 0 Å². The first-order chi connectivity index (χ1) is 8.97. The number of halogens is 2. The molecule has 2 aromatic rings. The molecule has 1 aromatic carbocycles. The molecule has 19 heavy (non-hydrogen) atoms. The number of aromatic nitrogens is 3. The number of benzene rings is 1. The first kappa shape index (κ1) is 13.6. The zero-order valence-electron chi connectivity index (χ0n) is 9.83. The summed E-state index contributed by atoms with van der Waals surface area (Å²) in [5, 5.41) is 9.64. The normalized spacial score (nSPS) is 12.2. The van der Waals surface area contributed by atoms with Gasteiger partial charge in [0.25, 0.3) is 5.56 Å². The maximum absolute atomic E-state index is 11.5. The van der Waals surface area contributed by atoms with Crippen molar-refractivity contribution in [2.75, 3.05) is 5.32 Å². The van der Waals surface area contributed by atoms with Gasteiger partial charge in [0.15, 0.2) is 0 Å². The Hall–Kier alpha value is -1.79. The molecule has 0 aliphatic carbocycles. The Balaban J connectivity index is 2.28. The number of anilines is 1. The van der Waals surface area contributed by atoms with Crippen molar-refractivity contribution >= 4 is 29.0 Å². The lowest BCUT2D eigenvalue weighted by molar-refractivity contribution is 0.826. The maximum atomic E-state index is 11.5. The largest absolute Gasteiger partial charge is 0.357 e. The maximum Gasteiger partial charge on any atom is 0.342 e. The third kappa shape index (κ3) is 3.15. The van der Waals surface area contributed by atoms with E-state index in [0.717, 1.165) is 5.56 Å². The molecule has 0 amide bonds. The van der Waals surface area contributed by atoms with E-state index < -0.39 is 11.2 Å². The van der Waals surface area contributed by atoms with Crippen LogP contribution in [0.5, 0.6) is 0 Å². The Kier molecular flexibility index (Phi) is 3.92. The summed E-state index contributed by atoms with van der Waals surface area (Å²) in [6.07, 6.45) is 0. The Morgan fingerprint density at radius 2 is 2.05 bits per heavy atom. The van der Waals surface area contributed by atoms with Gasteiger partial charge in [-0.2, -0.15) is 0 Å². The van der Waals surface area contributed by atoms with Gasteiger partial charge in [-0.15, -0.1) is 5.10 Å². The minimum Gasteiger partial charge on any atom is -0.357 e. The van der Waals surface area contributed by atoms with Crippen molar-refractivity contribution in [2.45, 2.75) is 13.0 Å². The quantitative estimate of drug-likeness (QED) is 0.808. The molecule has 1 heterocycles. The fourth-order valence-corrected chi connectivity index (χ4v) is 2.15. The SMILES string of the molecule is CC(Nc1n[nH]c(=O)[nH]c1=O)c1ccc(Cl)cc1Cl. The third-order valence-corrected chi connectivity index (χ3v) is 3.06. The molecule has 0 spiro atoms. The van der Waals surface area contributed by atoms with E-state index in [4.69, 9.17) is 23.2 Å². The van der Waals surface area contributed by atoms with Crippen LogP contribution in [-0.4, -0.2) is 15.2 Å². The summed E-state index contributed by atoms with van der Waals surface area (Å²) in [5.74, 6) is 0.0121. The molecule has 8 heteroatoms. The van der Waals surface area contributed by atoms with Crippen molar-refractivity contribution in [3.8, 4) is 0 Å². The second kappa shape index (κ2) is 5.46. The zero-order chi connectivity index (χ0) is 14.0. The molecule has 1 unspecified atom stereocenters. The Morgan fingerprint density at radius 1 is 1.32 bits per heavy atom. The molecule has 0 radical (unpaired) electrons. The minimum absolute atomic E-state index is 0.0121. The van der Waals surface area contributed by atoms with E-state index in [9.17, 15) is 9.59 Å². The van der Waals surface area contributed by atoms with Gasteiger partial charge in [0.05, 0.1) is 6.04 Å². The van der Waals surface area contributed by atoms with Gasteiger partial charge in [0, 0.05) is 10.0 Å². The van der Waals surface area contributed by atoms with Crippen LogP contribution in [0.1, 0.15) is 18.5 Å². The third-order valence-electron chi connectivity index (χ3n) is 2.49. The van der Waals surface area contributed by atoms with E-state index in [1.807, 2.05) is 0 Å². The number of hydrogen-bond acceptors (Lipinski definition) is 4. The lowest BCUT2D eigenvalue weighted by Gasteiger charge is -2.15. The molecule has 0 aliphatic rings. The Labute approximate surface area is 117 Å². The molecule has 6 nitrogen and oxygen atoms in total. The van der Waals surface area contributed by atoms with E-state index >= 15 is 0 Å². The number of H-pyrrole nitrogens is 2. The van der Waals surface area contributed by atoms with Crippen molar-refractivity contribution in [3.63, 3.8) is 0 Å². The summed E-state index contributed by atoms with van der Waals surface area (Å²) in [5.41, 5.74) is -0.494. The van der Waals surface area contributed by atoms with Crippen molar-refractivity contribution < 1.29 is 0 Å². The highest BCUT2D eigenvalue weighted by Crippen LogP contribution is 2.27. The second-order valence-electron chi connectivity index (χ2n) is 3.89. The summed E-state index contributed by atoms with van der Waals surface area (Å²) < 4.78 is 0. The molecule has 0 saturated carbocycles. The van der Waals surface area contributed by atoms with Crippen LogP contribution in [0.3, 0.4) is 0 Å². The average molecular weight is 301 g/mol. The molecule has 1 atom stereocenters. The number of nitrogens with one attached hydrogen (secondary N) is 3. The van der Waals surface area contributed by atoms with Gasteiger partial charge in [0.2, 0.25) is 5.82 Å². The highest BCUT2D eigenvalue weighted by Gasteiger charge is 2.12. The Bertz CT molecular complexity index is 710. The summed E-state index contributed by atoms with van der Waals surface area (Å²) in [4.78, 5) is 24.4. The van der Waals surface area contributed by atoms with Crippen LogP contribution in [0, 0.1) is 0 Å². The summed E-state index contributed by atoms with van der Waals surface area (Å²) in [6.45, 7) is 1.81. The highest BCUT2D eigenvalue weighted by molar-refractivity contribution is 6.35. The van der Waals surface area contributed by atoms with Gasteiger partial charge < -0.3 is 5.32 Å². The van der Waals surface area contributed by atoms with Crippen molar-refractivity contribution in [3.05, 3.63) is 54.6 Å². The van der Waals surface area contributed by atoms with Crippen LogP contribution >= 0.6 is 23.2 Å². The van der Waals surface area contributed by atoms with Crippen LogP contribution in [0.2, 0.25) is 10.0 Å². The molecule has 2 rings (SSSR count). The lowest BCUT2D eigenvalue weighted by atomic mass is 10.1. The van der Waals surface area contributed by atoms with Gasteiger partial charge in [-0.3, -0.25) is 9.78 Å². The molecule has 3 N–H and O–H groups in total. The molecule has 100 valence electrons. The van der Waals surface area contributed by atoms with Crippen LogP contribution in [0.25, 0.3) is 0 Å². The van der Waals surface area contributed by atoms with E-state index in [1.165, 1.54) is 0 Å². The van der Waals surface area contributed by atoms with Gasteiger partial charge >= 0.3 is 5.69 Å². The monoisotopic (exact) mass is 300 g/mol. The summed E-state index contributed by atoms with van der Waals surface area (Å²) >= 11 is 11.9. The zero-order valence-corrected chi connectivity index (χ0v) is 11.3. The number of rotatable bonds is 3. The molecule has 1 aromatic heterocycles. The molecule has 0 fully saturated rings. The average Bonchev–Trinajstić information content (AvgIpc) is 2.32. The van der Waals surface area contributed by atoms with Gasteiger partial charge in [-0.1, -0.05) is 29.3 Å². The number of nitrogens with zero attached hydrogens (tertiary/aromatic N) is 1. The van der Waals surface area contributed by atoms with E-state index in [-0.39, 0.29) is 11.9 Å². The van der Waals surface area contributed by atoms with Crippen LogP contribution in [-0.2, 0) is 0 Å². The highest BCUT2D eigenvalue weighted by atomic mass is 35.5. The van der Waals surface area contributed by atoms with Crippen LogP contribution in [0.15, 0.2) is 27.8 Å². The van der Waals surface area contributed by atoms with E-state index in [1.54, 1.807) is 25.1 Å². The summed E-state index contributed by atoms with van der Waals surface area (Å²) in [7, 11) is 0. The number of hydrogen-bond donors (Lipinski definition) is 3. The molecule has 0 aliphatic heterocycles. The fraction of sp³-hybridized carbons (Fsp3) is 0.182. The standard InChI is InChI=1S/C11H10Cl2N4O2/c1-5(7-3-2-6(12)4-8(7)13)14-9-10(18)15-11(19)17-16-9/h2-5H,1H3,(H,14,16)(H2,15,17,18,19). The first-order valence-corrected chi connectivity index (χ1v) is 6.13. The molecule has 0 bridgehead atoms. The van der Waals surface area contributed by atoms with Crippen LogP contribution < -0.4 is 16.6 Å². The van der Waals surface area contributed by atoms with Crippen LogP contribution in [0.4, 0.5) is 5.82 Å². The van der Waals surface area contributed by atoms with Gasteiger partial charge in [-0.05, 0) is 24.6 Å². The predicted molar refractivity (Wildman–Crippen MR) is 74.0 cm³/mol. The van der Waals surface area contributed by atoms with Crippen molar-refractivity contribution in [1.29, 1.82) is 0 Å². The van der Waals surface area contributed by atoms with E-state index in [0.29, 0.717) is 10.0 Å². The molecular weight excluding hydrogens is 291 g/mol. The minimum atomic E-state index is -0.660. The topological polar surface area (TPSA) is 90.6 Å². The fourth-order valence-electron chi connectivity index (χ4n) is 1.58. The number of aromatic amines is 2. The lowest BCUT2D eigenvalue weighted by Crippen LogP contribution is -2.27. The van der Waals surface area contributed by atoms with Crippen molar-refractivity contribution in [1.82, 2.24) is 15.2 Å². The van der Waals surface area contributed by atoms with Gasteiger partial charge in [-0.25, -0.2) is 9.89 Å². The summed E-state index contributed by atoms with van der Waals surface area (Å²) in [6, 6.07) is 4.79. The second-order valence-corrected chi connectivity index (χ2v) is 4.73. The molecule has 0 saturated heterocycles. The predicted octanol–water partition coefficient (Wildman–Crippen LogP) is 1.94. The molecular formula is C11H10Cl2N4O2. The van der Waals surface area contributed by atoms with E-state index in [2.05, 4.69) is 20.5 Å².